The minimum Gasteiger partial charge on any atom is -0.345 e. The second-order valence-electron chi connectivity index (χ2n) is 7.84. The maximum absolute atomic E-state index is 13.3. The van der Waals surface area contributed by atoms with Crippen LogP contribution >= 0.6 is 0 Å². The third-order valence-electron chi connectivity index (χ3n) is 5.59. The standard InChI is InChI=1S/C26H27N5O2/c1-4-24(32)29-20-13-11-18(12-14-20)17(3)28-26(33)21-15-23(19-9-7-6-8-10-19)30-25-22(21)16-27-31(25)5-2/h6-17H,4-5H2,1-3H3,(H,28,33)(H,29,32). The molecule has 1 unspecified atom stereocenters. The van der Waals surface area contributed by atoms with Crippen LogP contribution in [0, 0.1) is 0 Å². The fourth-order valence-electron chi connectivity index (χ4n) is 3.69. The predicted molar refractivity (Wildman–Crippen MR) is 130 cm³/mol. The lowest BCUT2D eigenvalue weighted by atomic mass is 10.0. The number of pyridine rings is 1. The molecular formula is C26H27N5O2. The Bertz CT molecular complexity index is 1280. The van der Waals surface area contributed by atoms with Gasteiger partial charge in [-0.1, -0.05) is 49.4 Å². The van der Waals surface area contributed by atoms with Crippen molar-refractivity contribution in [1.29, 1.82) is 0 Å². The van der Waals surface area contributed by atoms with Gasteiger partial charge in [0.05, 0.1) is 28.9 Å². The number of nitrogens with one attached hydrogen (secondary N) is 2. The summed E-state index contributed by atoms with van der Waals surface area (Å²) in [5.41, 5.74) is 4.57. The molecule has 7 heteroatoms. The van der Waals surface area contributed by atoms with E-state index in [1.54, 1.807) is 10.9 Å². The minimum absolute atomic E-state index is 0.0346. The summed E-state index contributed by atoms with van der Waals surface area (Å²) in [7, 11) is 0. The first-order valence-corrected chi connectivity index (χ1v) is 11.1. The molecule has 2 N–H and O–H groups in total. The van der Waals surface area contributed by atoms with E-state index < -0.39 is 0 Å². The SMILES string of the molecule is CCC(=O)Nc1ccc(C(C)NC(=O)c2cc(-c3ccccc3)nc3c2cnn3CC)cc1. The first-order chi connectivity index (χ1) is 16.0. The summed E-state index contributed by atoms with van der Waals surface area (Å²) >= 11 is 0. The fourth-order valence-corrected chi connectivity index (χ4v) is 3.69. The van der Waals surface area contributed by atoms with Crippen molar-refractivity contribution < 1.29 is 9.59 Å². The molecule has 2 aromatic heterocycles. The van der Waals surface area contributed by atoms with Crippen molar-refractivity contribution in [2.24, 2.45) is 0 Å². The molecule has 2 heterocycles. The lowest BCUT2D eigenvalue weighted by Crippen LogP contribution is -2.27. The van der Waals surface area contributed by atoms with Crippen LogP contribution in [-0.2, 0) is 11.3 Å². The summed E-state index contributed by atoms with van der Waals surface area (Å²) in [6.07, 6.45) is 2.12. The Kier molecular flexibility index (Phi) is 6.49. The molecule has 33 heavy (non-hydrogen) atoms. The molecule has 0 aliphatic rings. The number of rotatable bonds is 7. The Morgan fingerprint density at radius 3 is 2.42 bits per heavy atom. The van der Waals surface area contributed by atoms with Crippen molar-refractivity contribution in [3.63, 3.8) is 0 Å². The highest BCUT2D eigenvalue weighted by atomic mass is 16.2. The van der Waals surface area contributed by atoms with Crippen LogP contribution in [0.15, 0.2) is 66.9 Å². The molecule has 4 aromatic rings. The number of aryl methyl sites for hydroxylation is 1. The number of carbonyl (C=O) groups is 2. The average Bonchev–Trinajstić information content (AvgIpc) is 3.27. The van der Waals surface area contributed by atoms with Gasteiger partial charge in [0.1, 0.15) is 0 Å². The van der Waals surface area contributed by atoms with Gasteiger partial charge >= 0.3 is 0 Å². The van der Waals surface area contributed by atoms with Crippen LogP contribution in [0.25, 0.3) is 22.3 Å². The first-order valence-electron chi connectivity index (χ1n) is 11.1. The van der Waals surface area contributed by atoms with Crippen molar-refractivity contribution in [2.75, 3.05) is 5.32 Å². The zero-order valence-electron chi connectivity index (χ0n) is 19.0. The van der Waals surface area contributed by atoms with E-state index in [0.29, 0.717) is 24.2 Å². The van der Waals surface area contributed by atoms with Crippen LogP contribution in [0.5, 0.6) is 0 Å². The van der Waals surface area contributed by atoms with Crippen LogP contribution in [-0.4, -0.2) is 26.6 Å². The number of hydrogen-bond donors (Lipinski definition) is 2. The molecule has 0 saturated heterocycles. The summed E-state index contributed by atoms with van der Waals surface area (Å²) in [5.74, 6) is -0.223. The van der Waals surface area contributed by atoms with Crippen molar-refractivity contribution in [3.8, 4) is 11.3 Å². The Morgan fingerprint density at radius 2 is 1.76 bits per heavy atom. The molecule has 4 rings (SSSR count). The third kappa shape index (κ3) is 4.77. The predicted octanol–water partition coefficient (Wildman–Crippen LogP) is 4.96. The molecule has 7 nitrogen and oxygen atoms in total. The number of anilines is 1. The van der Waals surface area contributed by atoms with E-state index >= 15 is 0 Å². The maximum Gasteiger partial charge on any atom is 0.252 e. The summed E-state index contributed by atoms with van der Waals surface area (Å²) in [6, 6.07) is 18.9. The van der Waals surface area contributed by atoms with Crippen LogP contribution in [0.2, 0.25) is 0 Å². The molecule has 0 bridgehead atoms. The number of aromatic nitrogens is 3. The summed E-state index contributed by atoms with van der Waals surface area (Å²) in [6.45, 7) is 6.40. The molecule has 0 saturated carbocycles. The van der Waals surface area contributed by atoms with E-state index in [-0.39, 0.29) is 17.9 Å². The van der Waals surface area contributed by atoms with E-state index in [2.05, 4.69) is 15.7 Å². The molecule has 0 radical (unpaired) electrons. The summed E-state index contributed by atoms with van der Waals surface area (Å²) in [4.78, 5) is 29.7. The molecule has 0 aliphatic carbocycles. The lowest BCUT2D eigenvalue weighted by molar-refractivity contribution is -0.115. The third-order valence-corrected chi connectivity index (χ3v) is 5.59. The minimum atomic E-state index is -0.224. The van der Waals surface area contributed by atoms with Crippen LogP contribution in [0.4, 0.5) is 5.69 Å². The molecular weight excluding hydrogens is 414 g/mol. The molecule has 0 aliphatic heterocycles. The fraction of sp³-hybridized carbons (Fsp3) is 0.231. The second kappa shape index (κ2) is 9.65. The molecule has 2 aromatic carbocycles. The Labute approximate surface area is 192 Å². The molecule has 0 fully saturated rings. The van der Waals surface area contributed by atoms with Gasteiger partial charge in [-0.05, 0) is 37.6 Å². The van der Waals surface area contributed by atoms with Gasteiger partial charge in [-0.2, -0.15) is 5.10 Å². The summed E-state index contributed by atoms with van der Waals surface area (Å²) < 4.78 is 1.80. The average molecular weight is 442 g/mol. The van der Waals surface area contributed by atoms with Crippen molar-refractivity contribution in [1.82, 2.24) is 20.1 Å². The lowest BCUT2D eigenvalue weighted by Gasteiger charge is -2.16. The molecule has 0 spiro atoms. The largest absolute Gasteiger partial charge is 0.345 e. The number of benzene rings is 2. The van der Waals surface area contributed by atoms with Crippen LogP contribution in [0.3, 0.4) is 0 Å². The zero-order valence-corrected chi connectivity index (χ0v) is 19.0. The van der Waals surface area contributed by atoms with E-state index in [1.165, 1.54) is 0 Å². The number of hydrogen-bond acceptors (Lipinski definition) is 4. The van der Waals surface area contributed by atoms with E-state index in [1.807, 2.05) is 81.4 Å². The topological polar surface area (TPSA) is 88.9 Å². The van der Waals surface area contributed by atoms with E-state index in [9.17, 15) is 9.59 Å². The van der Waals surface area contributed by atoms with Gasteiger partial charge in [-0.15, -0.1) is 0 Å². The highest BCUT2D eigenvalue weighted by Gasteiger charge is 2.19. The highest BCUT2D eigenvalue weighted by Crippen LogP contribution is 2.26. The first kappa shape index (κ1) is 22.2. The highest BCUT2D eigenvalue weighted by molar-refractivity contribution is 6.06. The second-order valence-corrected chi connectivity index (χ2v) is 7.84. The van der Waals surface area contributed by atoms with Crippen molar-refractivity contribution in [2.45, 2.75) is 39.8 Å². The number of fused-ring (bicyclic) bond motifs is 1. The number of nitrogens with zero attached hydrogens (tertiary/aromatic N) is 3. The molecule has 168 valence electrons. The Balaban J connectivity index is 1.62. The normalized spacial score (nSPS) is 11.8. The Hall–Kier alpha value is -4.00. The summed E-state index contributed by atoms with van der Waals surface area (Å²) in [5, 5.41) is 11.1. The number of carbonyl (C=O) groups excluding carboxylic acids is 2. The van der Waals surface area contributed by atoms with Crippen LogP contribution in [0.1, 0.15) is 49.2 Å². The zero-order chi connectivity index (χ0) is 23.4. The molecule has 1 atom stereocenters. The van der Waals surface area contributed by atoms with Gasteiger partial charge in [0.25, 0.3) is 5.91 Å². The van der Waals surface area contributed by atoms with Crippen LogP contribution < -0.4 is 10.6 Å². The Morgan fingerprint density at radius 1 is 1.03 bits per heavy atom. The van der Waals surface area contributed by atoms with Gasteiger partial charge in [0.15, 0.2) is 5.65 Å². The van der Waals surface area contributed by atoms with Gasteiger partial charge in [-0.25, -0.2) is 9.67 Å². The maximum atomic E-state index is 13.3. The number of amides is 2. The van der Waals surface area contributed by atoms with E-state index in [0.717, 1.165) is 27.9 Å². The molecule has 2 amide bonds. The van der Waals surface area contributed by atoms with Gasteiger partial charge in [-0.3, -0.25) is 9.59 Å². The smallest absolute Gasteiger partial charge is 0.252 e. The van der Waals surface area contributed by atoms with E-state index in [4.69, 9.17) is 4.98 Å². The van der Waals surface area contributed by atoms with Gasteiger partial charge in [0, 0.05) is 24.2 Å². The monoisotopic (exact) mass is 441 g/mol. The van der Waals surface area contributed by atoms with Gasteiger partial charge < -0.3 is 10.6 Å². The van der Waals surface area contributed by atoms with Crippen molar-refractivity contribution in [3.05, 3.63) is 78.0 Å². The quantitative estimate of drug-likeness (QED) is 0.424. The van der Waals surface area contributed by atoms with Crippen molar-refractivity contribution >= 4 is 28.5 Å². The van der Waals surface area contributed by atoms with Gasteiger partial charge in [0.2, 0.25) is 5.91 Å².